The van der Waals surface area contributed by atoms with Crippen LogP contribution in [0.3, 0.4) is 0 Å². The van der Waals surface area contributed by atoms with Crippen molar-refractivity contribution in [2.45, 2.75) is 73.1 Å². The Morgan fingerprint density at radius 1 is 0.909 bits per heavy atom. The van der Waals surface area contributed by atoms with Gasteiger partial charge in [0.05, 0.1) is 0 Å². The minimum absolute atomic E-state index is 0.897. The van der Waals surface area contributed by atoms with Gasteiger partial charge in [-0.2, -0.15) is 0 Å². The Bertz CT molecular complexity index is 230. The van der Waals surface area contributed by atoms with Crippen LogP contribution >= 0.6 is 0 Å². The fourth-order valence-corrected chi connectivity index (χ4v) is 3.61. The van der Waals surface area contributed by atoms with E-state index in [0.717, 1.165) is 17.8 Å². The summed E-state index contributed by atoms with van der Waals surface area (Å²) in [5.41, 5.74) is 0. The number of hydrogen-bond donors (Lipinski definition) is 0. The van der Waals surface area contributed by atoms with Crippen LogP contribution < -0.4 is 0 Å². The third-order valence-electron chi connectivity index (χ3n) is 5.13. The molecule has 22 heavy (non-hydrogen) atoms. The summed E-state index contributed by atoms with van der Waals surface area (Å²) in [7, 11) is 4.46. The predicted molar refractivity (Wildman–Crippen MR) is 102 cm³/mol. The third kappa shape index (κ3) is 9.84. The van der Waals surface area contributed by atoms with Crippen molar-refractivity contribution >= 4 is 0 Å². The van der Waals surface area contributed by atoms with E-state index in [4.69, 9.17) is 0 Å². The zero-order valence-corrected chi connectivity index (χ0v) is 16.7. The number of likely N-dealkylation sites (tertiary alicyclic amines) is 2. The lowest BCUT2D eigenvalue weighted by Crippen LogP contribution is -2.32. The summed E-state index contributed by atoms with van der Waals surface area (Å²) in [4.78, 5) is 4.89. The standard InChI is InChI=1S/2C9H19N.C2H6/c1-8(2)9-4-6-10(3)7-5-9;1-3-5-9-6-4-7-10(2)8-9;1-2/h8-9H,4-7H2,1-3H3;9H,3-8H2,1-2H3;1-2H3. The lowest BCUT2D eigenvalue weighted by atomic mass is 9.87. The van der Waals surface area contributed by atoms with Crippen molar-refractivity contribution in [1.82, 2.24) is 9.80 Å². The average Bonchev–Trinajstić information content (AvgIpc) is 2.51. The van der Waals surface area contributed by atoms with Crippen LogP contribution in [0.4, 0.5) is 0 Å². The molecule has 2 aliphatic rings. The Balaban J connectivity index is 0.000000360. The fraction of sp³-hybridized carbons (Fsp3) is 1.00. The molecule has 0 aromatic rings. The number of piperidine rings is 2. The maximum absolute atomic E-state index is 2.46. The summed E-state index contributed by atoms with van der Waals surface area (Å²) in [6.07, 6.45) is 8.50. The second kappa shape index (κ2) is 13.4. The summed E-state index contributed by atoms with van der Waals surface area (Å²) in [5.74, 6) is 2.90. The van der Waals surface area contributed by atoms with Gasteiger partial charge in [0.25, 0.3) is 0 Å². The van der Waals surface area contributed by atoms with Crippen molar-refractivity contribution in [2.24, 2.45) is 17.8 Å². The van der Waals surface area contributed by atoms with Gasteiger partial charge in [0.15, 0.2) is 0 Å². The van der Waals surface area contributed by atoms with E-state index in [9.17, 15) is 0 Å². The molecule has 1 unspecified atom stereocenters. The molecule has 2 heteroatoms. The first-order valence-electron chi connectivity index (χ1n) is 9.90. The first-order valence-corrected chi connectivity index (χ1v) is 9.90. The zero-order chi connectivity index (χ0) is 17.0. The van der Waals surface area contributed by atoms with E-state index in [2.05, 4.69) is 44.7 Å². The van der Waals surface area contributed by atoms with Gasteiger partial charge in [-0.05, 0) is 83.6 Å². The van der Waals surface area contributed by atoms with Crippen LogP contribution in [0.2, 0.25) is 0 Å². The topological polar surface area (TPSA) is 6.48 Å². The van der Waals surface area contributed by atoms with Gasteiger partial charge in [-0.15, -0.1) is 0 Å². The molecule has 2 rings (SSSR count). The van der Waals surface area contributed by atoms with Gasteiger partial charge in [0.1, 0.15) is 0 Å². The van der Waals surface area contributed by atoms with Crippen molar-refractivity contribution in [1.29, 1.82) is 0 Å². The van der Waals surface area contributed by atoms with Crippen LogP contribution in [0.15, 0.2) is 0 Å². The summed E-state index contributed by atoms with van der Waals surface area (Å²) in [6.45, 7) is 16.3. The van der Waals surface area contributed by atoms with E-state index in [1.165, 1.54) is 64.7 Å². The largest absolute Gasteiger partial charge is 0.306 e. The molecule has 0 aromatic carbocycles. The van der Waals surface area contributed by atoms with Gasteiger partial charge in [-0.1, -0.05) is 41.0 Å². The molecule has 0 amide bonds. The highest BCUT2D eigenvalue weighted by Crippen LogP contribution is 2.23. The molecule has 2 saturated heterocycles. The molecule has 0 N–H and O–H groups in total. The molecule has 0 bridgehead atoms. The van der Waals surface area contributed by atoms with Gasteiger partial charge in [-0.3, -0.25) is 0 Å². The Morgan fingerprint density at radius 2 is 1.50 bits per heavy atom. The molecule has 1 atom stereocenters. The second-order valence-corrected chi connectivity index (χ2v) is 7.44. The molecule has 2 fully saturated rings. The van der Waals surface area contributed by atoms with Crippen molar-refractivity contribution < 1.29 is 0 Å². The monoisotopic (exact) mass is 312 g/mol. The molecular weight excluding hydrogens is 268 g/mol. The molecule has 0 saturated carbocycles. The summed E-state index contributed by atoms with van der Waals surface area (Å²) in [6, 6.07) is 0. The predicted octanol–water partition coefficient (Wildman–Crippen LogP) is 5.14. The van der Waals surface area contributed by atoms with E-state index in [1.807, 2.05) is 13.8 Å². The van der Waals surface area contributed by atoms with E-state index in [-0.39, 0.29) is 0 Å². The quantitative estimate of drug-likeness (QED) is 0.712. The molecular formula is C20H44N2. The highest BCUT2D eigenvalue weighted by Gasteiger charge is 2.18. The smallest absolute Gasteiger partial charge is 0.000661 e. The van der Waals surface area contributed by atoms with E-state index in [0.29, 0.717) is 0 Å². The minimum atomic E-state index is 0.897. The van der Waals surface area contributed by atoms with Crippen LogP contribution in [-0.4, -0.2) is 50.1 Å². The van der Waals surface area contributed by atoms with Gasteiger partial charge < -0.3 is 9.80 Å². The second-order valence-electron chi connectivity index (χ2n) is 7.44. The van der Waals surface area contributed by atoms with Crippen molar-refractivity contribution in [2.75, 3.05) is 40.3 Å². The fourth-order valence-electron chi connectivity index (χ4n) is 3.61. The van der Waals surface area contributed by atoms with Crippen LogP contribution in [0.5, 0.6) is 0 Å². The van der Waals surface area contributed by atoms with Crippen LogP contribution in [0.25, 0.3) is 0 Å². The van der Waals surface area contributed by atoms with Crippen molar-refractivity contribution in [3.63, 3.8) is 0 Å². The molecule has 2 aliphatic heterocycles. The number of nitrogens with zero attached hydrogens (tertiary/aromatic N) is 2. The highest BCUT2D eigenvalue weighted by atomic mass is 15.1. The van der Waals surface area contributed by atoms with Gasteiger partial charge in [0.2, 0.25) is 0 Å². The third-order valence-corrected chi connectivity index (χ3v) is 5.13. The Labute approximate surface area is 141 Å². The summed E-state index contributed by atoms with van der Waals surface area (Å²) in [5, 5.41) is 0. The van der Waals surface area contributed by atoms with Gasteiger partial charge >= 0.3 is 0 Å². The molecule has 2 nitrogen and oxygen atoms in total. The molecule has 0 aromatic heterocycles. The first kappa shape index (κ1) is 21.9. The van der Waals surface area contributed by atoms with Crippen LogP contribution in [0, 0.1) is 17.8 Å². The van der Waals surface area contributed by atoms with Crippen molar-refractivity contribution in [3.8, 4) is 0 Å². The number of hydrogen-bond acceptors (Lipinski definition) is 2. The average molecular weight is 313 g/mol. The van der Waals surface area contributed by atoms with Crippen LogP contribution in [-0.2, 0) is 0 Å². The first-order chi connectivity index (χ1) is 10.5. The van der Waals surface area contributed by atoms with E-state index < -0.39 is 0 Å². The molecule has 2 heterocycles. The number of rotatable bonds is 3. The zero-order valence-electron chi connectivity index (χ0n) is 16.7. The Kier molecular flexibility index (Phi) is 13.3. The highest BCUT2D eigenvalue weighted by molar-refractivity contribution is 4.72. The maximum Gasteiger partial charge on any atom is 0.000661 e. The maximum atomic E-state index is 2.46. The lowest BCUT2D eigenvalue weighted by Gasteiger charge is -2.31. The molecule has 0 aliphatic carbocycles. The Hall–Kier alpha value is -0.0800. The molecule has 0 spiro atoms. The lowest BCUT2D eigenvalue weighted by molar-refractivity contribution is 0.185. The SMILES string of the molecule is CC.CC(C)C1CCN(C)CC1.CCCC1CCCN(C)C1. The van der Waals surface area contributed by atoms with E-state index in [1.54, 1.807) is 0 Å². The normalized spacial score (nSPS) is 24.3. The summed E-state index contributed by atoms with van der Waals surface area (Å²) < 4.78 is 0. The molecule has 134 valence electrons. The van der Waals surface area contributed by atoms with Gasteiger partial charge in [0, 0.05) is 6.54 Å². The molecule has 0 radical (unpaired) electrons. The van der Waals surface area contributed by atoms with Crippen LogP contribution in [0.1, 0.15) is 73.1 Å². The Morgan fingerprint density at radius 3 is 1.95 bits per heavy atom. The minimum Gasteiger partial charge on any atom is -0.306 e. The van der Waals surface area contributed by atoms with E-state index >= 15 is 0 Å². The van der Waals surface area contributed by atoms with Crippen molar-refractivity contribution in [3.05, 3.63) is 0 Å². The summed E-state index contributed by atoms with van der Waals surface area (Å²) >= 11 is 0. The van der Waals surface area contributed by atoms with Gasteiger partial charge in [-0.25, -0.2) is 0 Å².